The molecule has 1 aromatic carbocycles. The van der Waals surface area contributed by atoms with Crippen molar-refractivity contribution in [2.75, 3.05) is 6.61 Å². The van der Waals surface area contributed by atoms with Crippen molar-refractivity contribution in [1.29, 1.82) is 0 Å². The fourth-order valence-corrected chi connectivity index (χ4v) is 4.18. The third-order valence-corrected chi connectivity index (χ3v) is 4.96. The summed E-state index contributed by atoms with van der Waals surface area (Å²) in [7, 11) is 7.10. The lowest BCUT2D eigenvalue weighted by Gasteiger charge is -2.05. The quantitative estimate of drug-likeness (QED) is 0.589. The van der Waals surface area contributed by atoms with Crippen molar-refractivity contribution in [3.05, 3.63) is 18.2 Å². The predicted molar refractivity (Wildman–Crippen MR) is 68.0 cm³/mol. The summed E-state index contributed by atoms with van der Waals surface area (Å²) in [4.78, 5) is 1.13. The molecule has 15 heavy (non-hydrogen) atoms. The molecule has 1 aromatic rings. The SMILES string of the molecule is CCCCOc1ccc2c(c1)SS(Cl)=N2. The average Bonchev–Trinajstić information content (AvgIpc) is 2.57. The van der Waals surface area contributed by atoms with Crippen molar-refractivity contribution in [3.8, 4) is 5.75 Å². The van der Waals surface area contributed by atoms with E-state index >= 15 is 0 Å². The highest BCUT2D eigenvalue weighted by Crippen LogP contribution is 2.43. The fraction of sp³-hybridized carbons (Fsp3) is 0.400. The van der Waals surface area contributed by atoms with Crippen LogP contribution in [-0.2, 0) is 8.94 Å². The molecule has 0 saturated carbocycles. The molecule has 2 nitrogen and oxygen atoms in total. The Balaban J connectivity index is 2.03. The van der Waals surface area contributed by atoms with E-state index in [1.165, 1.54) is 0 Å². The van der Waals surface area contributed by atoms with Gasteiger partial charge in [-0.1, -0.05) is 13.3 Å². The predicted octanol–water partition coefficient (Wildman–Crippen LogP) is 4.47. The number of nitrogens with zero attached hydrogens (tertiary/aromatic N) is 1. The second-order valence-corrected chi connectivity index (χ2v) is 7.29. The Bertz CT molecular complexity index is 395. The van der Waals surface area contributed by atoms with Crippen LogP contribution in [0.25, 0.3) is 0 Å². The highest BCUT2D eigenvalue weighted by molar-refractivity contribution is 8.78. The van der Waals surface area contributed by atoms with E-state index in [1.807, 2.05) is 18.2 Å². The van der Waals surface area contributed by atoms with E-state index in [0.29, 0.717) is 0 Å². The van der Waals surface area contributed by atoms with Gasteiger partial charge in [0, 0.05) is 0 Å². The Morgan fingerprint density at radius 3 is 3.20 bits per heavy atom. The second kappa shape index (κ2) is 5.23. The Kier molecular flexibility index (Phi) is 3.94. The van der Waals surface area contributed by atoms with Crippen molar-refractivity contribution in [2.24, 2.45) is 4.36 Å². The van der Waals surface area contributed by atoms with Crippen molar-refractivity contribution in [1.82, 2.24) is 0 Å². The largest absolute Gasteiger partial charge is 0.494 e. The first kappa shape index (κ1) is 11.3. The molecule has 1 aliphatic rings. The molecule has 0 N–H and O–H groups in total. The number of halogens is 1. The fourth-order valence-electron chi connectivity index (χ4n) is 1.23. The maximum atomic E-state index is 5.94. The molecule has 82 valence electrons. The summed E-state index contributed by atoms with van der Waals surface area (Å²) >= 11 is 0. The van der Waals surface area contributed by atoms with E-state index in [0.717, 1.165) is 35.8 Å². The number of hydrogen-bond donors (Lipinski definition) is 0. The first-order chi connectivity index (χ1) is 7.29. The monoisotopic (exact) mass is 261 g/mol. The molecule has 1 atom stereocenters. The molecule has 0 saturated heterocycles. The lowest BCUT2D eigenvalue weighted by Crippen LogP contribution is -1.95. The zero-order valence-electron chi connectivity index (χ0n) is 8.40. The molecular formula is C10H12ClNOS2. The number of benzene rings is 1. The van der Waals surface area contributed by atoms with Crippen molar-refractivity contribution >= 4 is 36.1 Å². The molecule has 5 heteroatoms. The lowest BCUT2D eigenvalue weighted by molar-refractivity contribution is 0.309. The standard InChI is InChI=1S/C10H12ClNOS2/c1-2-3-6-13-8-4-5-9-10(7-8)14-15(11)12-9/h4-5,7H,2-3,6H2,1H3. The Morgan fingerprint density at radius 1 is 1.53 bits per heavy atom. The second-order valence-electron chi connectivity index (χ2n) is 3.21. The maximum Gasteiger partial charge on any atom is 0.120 e. The molecule has 0 radical (unpaired) electrons. The van der Waals surface area contributed by atoms with Crippen LogP contribution >= 0.6 is 21.5 Å². The van der Waals surface area contributed by atoms with Crippen LogP contribution in [0.5, 0.6) is 5.75 Å². The van der Waals surface area contributed by atoms with Gasteiger partial charge in [0.1, 0.15) is 5.75 Å². The van der Waals surface area contributed by atoms with Crippen LogP contribution in [0.3, 0.4) is 0 Å². The Labute approximate surface area is 100 Å². The minimum Gasteiger partial charge on any atom is -0.494 e. The number of ether oxygens (including phenoxy) is 1. The van der Waals surface area contributed by atoms with Crippen molar-refractivity contribution < 1.29 is 4.74 Å². The van der Waals surface area contributed by atoms with Gasteiger partial charge in [-0.25, -0.2) is 4.36 Å². The molecule has 0 aliphatic carbocycles. The van der Waals surface area contributed by atoms with Crippen LogP contribution in [-0.4, -0.2) is 6.61 Å². The third kappa shape index (κ3) is 2.89. The summed E-state index contributed by atoms with van der Waals surface area (Å²) in [5.41, 5.74) is 0.987. The molecule has 0 aromatic heterocycles. The summed E-state index contributed by atoms with van der Waals surface area (Å²) < 4.78 is 9.90. The van der Waals surface area contributed by atoms with Gasteiger partial charge in [-0.3, -0.25) is 0 Å². The normalized spacial score (nSPS) is 18.4. The van der Waals surface area contributed by atoms with E-state index < -0.39 is 8.94 Å². The Hall–Kier alpha value is -0.190. The molecule has 0 amide bonds. The lowest BCUT2D eigenvalue weighted by atomic mass is 10.3. The first-order valence-corrected chi connectivity index (χ1v) is 8.21. The molecule has 2 rings (SSSR count). The van der Waals surface area contributed by atoms with Gasteiger partial charge in [0.15, 0.2) is 0 Å². The minimum absolute atomic E-state index is 0.427. The third-order valence-electron chi connectivity index (χ3n) is 2.03. The van der Waals surface area contributed by atoms with E-state index in [-0.39, 0.29) is 0 Å². The molecule has 0 bridgehead atoms. The van der Waals surface area contributed by atoms with Crippen LogP contribution in [0.15, 0.2) is 27.5 Å². The molecular weight excluding hydrogens is 250 g/mol. The molecule has 1 heterocycles. The number of hydrogen-bond acceptors (Lipinski definition) is 3. The zero-order chi connectivity index (χ0) is 10.7. The van der Waals surface area contributed by atoms with E-state index in [2.05, 4.69) is 11.3 Å². The van der Waals surface area contributed by atoms with E-state index in [4.69, 9.17) is 15.4 Å². The van der Waals surface area contributed by atoms with Crippen LogP contribution < -0.4 is 4.74 Å². The highest BCUT2D eigenvalue weighted by Gasteiger charge is 2.13. The summed E-state index contributed by atoms with van der Waals surface area (Å²) in [6.07, 6.45) is 2.24. The van der Waals surface area contributed by atoms with Gasteiger partial charge in [0.05, 0.1) is 26.1 Å². The van der Waals surface area contributed by atoms with Crippen molar-refractivity contribution in [3.63, 3.8) is 0 Å². The van der Waals surface area contributed by atoms with Gasteiger partial charge in [-0.2, -0.15) is 0 Å². The number of rotatable bonds is 4. The molecule has 1 aliphatic heterocycles. The van der Waals surface area contributed by atoms with Gasteiger partial charge in [0.2, 0.25) is 0 Å². The first-order valence-electron chi connectivity index (χ1n) is 4.87. The van der Waals surface area contributed by atoms with Crippen molar-refractivity contribution in [2.45, 2.75) is 24.7 Å². The summed E-state index contributed by atoms with van der Waals surface area (Å²) in [6.45, 7) is 2.93. The number of unbranched alkanes of at least 4 members (excludes halogenated alkanes) is 1. The van der Waals surface area contributed by atoms with Gasteiger partial charge in [0.25, 0.3) is 0 Å². The van der Waals surface area contributed by atoms with Gasteiger partial charge in [-0.15, -0.1) is 0 Å². The van der Waals surface area contributed by atoms with Gasteiger partial charge in [-0.05, 0) is 46.1 Å². The van der Waals surface area contributed by atoms with Crippen LogP contribution in [0, 0.1) is 0 Å². The van der Waals surface area contributed by atoms with Crippen LogP contribution in [0.1, 0.15) is 19.8 Å². The van der Waals surface area contributed by atoms with Gasteiger partial charge < -0.3 is 4.74 Å². The van der Waals surface area contributed by atoms with E-state index in [1.54, 1.807) is 10.8 Å². The minimum atomic E-state index is -0.427. The maximum absolute atomic E-state index is 5.94. The Morgan fingerprint density at radius 2 is 2.40 bits per heavy atom. The molecule has 0 spiro atoms. The topological polar surface area (TPSA) is 21.6 Å². The van der Waals surface area contributed by atoms with Crippen LogP contribution in [0.2, 0.25) is 0 Å². The van der Waals surface area contributed by atoms with Crippen LogP contribution in [0.4, 0.5) is 5.69 Å². The smallest absolute Gasteiger partial charge is 0.120 e. The van der Waals surface area contributed by atoms with E-state index in [9.17, 15) is 0 Å². The molecule has 1 unspecified atom stereocenters. The summed E-state index contributed by atoms with van der Waals surface area (Å²) in [6, 6.07) is 5.95. The average molecular weight is 262 g/mol. The zero-order valence-corrected chi connectivity index (χ0v) is 10.8. The summed E-state index contributed by atoms with van der Waals surface area (Å²) in [5.74, 6) is 0.917. The summed E-state index contributed by atoms with van der Waals surface area (Å²) in [5, 5.41) is 0. The molecule has 0 fully saturated rings. The number of fused-ring (bicyclic) bond motifs is 1. The van der Waals surface area contributed by atoms with Gasteiger partial charge >= 0.3 is 0 Å². The highest BCUT2D eigenvalue weighted by atomic mass is 35.7.